The van der Waals surface area contributed by atoms with Crippen LogP contribution in [0.4, 0.5) is 0 Å². The van der Waals surface area contributed by atoms with Gasteiger partial charge in [0.05, 0.1) is 0 Å². The molecule has 0 aromatic carbocycles. The minimum absolute atomic E-state index is 0.0879. The maximum Gasteiger partial charge on any atom is 0.306 e. The van der Waals surface area contributed by atoms with E-state index in [4.69, 9.17) is 13.6 Å². The maximum atomic E-state index is 5.40. The molecule has 1 unspecified atom stereocenters. The quantitative estimate of drug-likeness (QED) is 0.326. The Balaban J connectivity index is 3.05. The Morgan fingerprint density at radius 3 is 2.54 bits per heavy atom. The van der Waals surface area contributed by atoms with Gasteiger partial charge in [-0.25, -0.2) is 0 Å². The molecule has 0 heterocycles. The summed E-state index contributed by atoms with van der Waals surface area (Å²) in [5.41, 5.74) is 0. The van der Waals surface area contributed by atoms with Crippen LogP contribution in [0.3, 0.4) is 0 Å². The molecule has 3 nitrogen and oxygen atoms in total. The molecule has 0 aliphatic rings. The summed E-state index contributed by atoms with van der Waals surface area (Å²) in [6.45, 7) is 7.77. The van der Waals surface area contributed by atoms with Gasteiger partial charge in [0.15, 0.2) is 0 Å². The number of hydrogen-bond acceptors (Lipinski definition) is 3. The molecule has 4 heteroatoms. The van der Waals surface area contributed by atoms with E-state index in [0.717, 1.165) is 32.5 Å². The van der Waals surface area contributed by atoms with Gasteiger partial charge in [0, 0.05) is 13.2 Å². The van der Waals surface area contributed by atoms with Crippen molar-refractivity contribution in [1.29, 1.82) is 0 Å². The van der Waals surface area contributed by atoms with E-state index in [-0.39, 0.29) is 6.29 Å². The molecule has 0 spiro atoms. The standard InChI is InChI=1S/C9H22O3Si/c1-4-6-8-10-9(3)12-13-11-7-5-2/h9H,4-8,13H2,1-3H3. The van der Waals surface area contributed by atoms with Crippen LogP contribution in [0, 0.1) is 0 Å². The van der Waals surface area contributed by atoms with E-state index in [1.54, 1.807) is 0 Å². The van der Waals surface area contributed by atoms with Crippen molar-refractivity contribution in [3.8, 4) is 0 Å². The molecular formula is C9H22O3Si. The average molecular weight is 206 g/mol. The van der Waals surface area contributed by atoms with Crippen LogP contribution < -0.4 is 0 Å². The van der Waals surface area contributed by atoms with Crippen LogP contribution in [-0.2, 0) is 13.6 Å². The second-order valence-corrected chi connectivity index (χ2v) is 3.96. The van der Waals surface area contributed by atoms with Gasteiger partial charge in [-0.1, -0.05) is 20.3 Å². The molecule has 0 fully saturated rings. The van der Waals surface area contributed by atoms with Crippen molar-refractivity contribution in [3.05, 3.63) is 0 Å². The normalized spacial score (nSPS) is 14.1. The van der Waals surface area contributed by atoms with Crippen LogP contribution in [0.1, 0.15) is 40.0 Å². The highest BCUT2D eigenvalue weighted by Gasteiger charge is 2.00. The lowest BCUT2D eigenvalue weighted by Crippen LogP contribution is -2.18. The summed E-state index contributed by atoms with van der Waals surface area (Å²) in [4.78, 5) is 0. The molecule has 80 valence electrons. The topological polar surface area (TPSA) is 27.7 Å². The van der Waals surface area contributed by atoms with Crippen LogP contribution in [0.15, 0.2) is 0 Å². The summed E-state index contributed by atoms with van der Waals surface area (Å²) in [6.07, 6.45) is 3.23. The van der Waals surface area contributed by atoms with E-state index in [0.29, 0.717) is 0 Å². The third-order valence-corrected chi connectivity index (χ3v) is 2.65. The van der Waals surface area contributed by atoms with E-state index in [1.807, 2.05) is 6.92 Å². The predicted molar refractivity (Wildman–Crippen MR) is 56.2 cm³/mol. The Morgan fingerprint density at radius 2 is 1.92 bits per heavy atom. The molecule has 0 aliphatic heterocycles. The zero-order valence-corrected chi connectivity index (χ0v) is 10.5. The lowest BCUT2D eigenvalue weighted by Gasteiger charge is -2.13. The highest BCUT2D eigenvalue weighted by molar-refractivity contribution is 6.17. The summed E-state index contributed by atoms with van der Waals surface area (Å²) >= 11 is 0. The SMILES string of the molecule is CCCCOC(C)O[SiH2]OCCC. The lowest BCUT2D eigenvalue weighted by atomic mass is 10.4. The monoisotopic (exact) mass is 206 g/mol. The fourth-order valence-electron chi connectivity index (χ4n) is 0.789. The molecule has 1 atom stereocenters. The van der Waals surface area contributed by atoms with Crippen LogP contribution in [0.25, 0.3) is 0 Å². The Morgan fingerprint density at radius 1 is 1.15 bits per heavy atom. The molecule has 0 aromatic heterocycles. The first kappa shape index (κ1) is 13.1. The fraction of sp³-hybridized carbons (Fsp3) is 1.00. The van der Waals surface area contributed by atoms with Gasteiger partial charge < -0.3 is 13.6 Å². The first-order chi connectivity index (χ1) is 6.31. The van der Waals surface area contributed by atoms with Gasteiger partial charge in [0.2, 0.25) is 0 Å². The van der Waals surface area contributed by atoms with Crippen molar-refractivity contribution < 1.29 is 13.6 Å². The van der Waals surface area contributed by atoms with Crippen molar-refractivity contribution >= 4 is 10.0 Å². The summed E-state index contributed by atoms with van der Waals surface area (Å²) in [5.74, 6) is 0. The van der Waals surface area contributed by atoms with E-state index in [1.165, 1.54) is 0 Å². The van der Waals surface area contributed by atoms with E-state index >= 15 is 0 Å². The third-order valence-electron chi connectivity index (χ3n) is 1.58. The highest BCUT2D eigenvalue weighted by atomic mass is 28.3. The molecule has 0 aliphatic carbocycles. The first-order valence-electron chi connectivity index (χ1n) is 5.12. The number of hydrogen-bond donors (Lipinski definition) is 0. The van der Waals surface area contributed by atoms with Crippen molar-refractivity contribution in [2.75, 3.05) is 13.2 Å². The molecule has 0 rings (SSSR count). The minimum atomic E-state index is -0.806. The second kappa shape index (κ2) is 10.2. The largest absolute Gasteiger partial charge is 0.399 e. The molecule has 0 saturated carbocycles. The zero-order valence-electron chi connectivity index (χ0n) is 9.04. The van der Waals surface area contributed by atoms with Crippen LogP contribution in [0.2, 0.25) is 0 Å². The Kier molecular flexibility index (Phi) is 10.3. The summed E-state index contributed by atoms with van der Waals surface area (Å²) in [6, 6.07) is 0. The Hall–Kier alpha value is 0.0969. The number of ether oxygens (including phenoxy) is 1. The Bertz CT molecular complexity index is 101. The van der Waals surface area contributed by atoms with Crippen LogP contribution in [-0.4, -0.2) is 29.5 Å². The van der Waals surface area contributed by atoms with Crippen LogP contribution in [0.5, 0.6) is 0 Å². The second-order valence-electron chi connectivity index (χ2n) is 2.98. The van der Waals surface area contributed by atoms with Gasteiger partial charge in [0.25, 0.3) is 0 Å². The van der Waals surface area contributed by atoms with Crippen LogP contribution >= 0.6 is 0 Å². The number of rotatable bonds is 9. The number of unbranched alkanes of at least 4 members (excludes halogenated alkanes) is 1. The van der Waals surface area contributed by atoms with Gasteiger partial charge in [-0.15, -0.1) is 0 Å². The lowest BCUT2D eigenvalue weighted by molar-refractivity contribution is -0.0757. The average Bonchev–Trinajstić information content (AvgIpc) is 2.13. The fourth-order valence-corrected chi connectivity index (χ4v) is 1.58. The van der Waals surface area contributed by atoms with Crippen molar-refractivity contribution in [2.45, 2.75) is 46.3 Å². The summed E-state index contributed by atoms with van der Waals surface area (Å²) < 4.78 is 16.1. The molecule has 0 saturated heterocycles. The predicted octanol–water partition coefficient (Wildman–Crippen LogP) is 1.59. The maximum absolute atomic E-state index is 5.40. The highest BCUT2D eigenvalue weighted by Crippen LogP contribution is 1.96. The van der Waals surface area contributed by atoms with Gasteiger partial charge >= 0.3 is 10.0 Å². The van der Waals surface area contributed by atoms with Gasteiger partial charge in [0.1, 0.15) is 6.29 Å². The molecule has 13 heavy (non-hydrogen) atoms. The molecule has 0 radical (unpaired) electrons. The molecule has 0 N–H and O–H groups in total. The first-order valence-corrected chi connectivity index (χ1v) is 6.27. The van der Waals surface area contributed by atoms with Gasteiger partial charge in [-0.3, -0.25) is 0 Å². The minimum Gasteiger partial charge on any atom is -0.399 e. The smallest absolute Gasteiger partial charge is 0.306 e. The van der Waals surface area contributed by atoms with Gasteiger partial charge in [-0.05, 0) is 19.8 Å². The third kappa shape index (κ3) is 10.0. The van der Waals surface area contributed by atoms with Crippen molar-refractivity contribution in [3.63, 3.8) is 0 Å². The van der Waals surface area contributed by atoms with E-state index in [2.05, 4.69) is 13.8 Å². The van der Waals surface area contributed by atoms with Crippen molar-refractivity contribution in [2.24, 2.45) is 0 Å². The Labute approximate surface area is 83.8 Å². The van der Waals surface area contributed by atoms with E-state index < -0.39 is 10.0 Å². The molecule has 0 amide bonds. The van der Waals surface area contributed by atoms with E-state index in [9.17, 15) is 0 Å². The van der Waals surface area contributed by atoms with Crippen molar-refractivity contribution in [1.82, 2.24) is 0 Å². The molecular weight excluding hydrogens is 184 g/mol. The summed E-state index contributed by atoms with van der Waals surface area (Å²) in [7, 11) is -0.806. The van der Waals surface area contributed by atoms with Gasteiger partial charge in [-0.2, -0.15) is 0 Å². The molecule has 0 aromatic rings. The summed E-state index contributed by atoms with van der Waals surface area (Å²) in [5, 5.41) is 0. The zero-order chi connectivity index (χ0) is 9.94. The molecule has 0 bridgehead atoms.